The second-order valence-corrected chi connectivity index (χ2v) is 4.67. The van der Waals surface area contributed by atoms with E-state index in [0.717, 1.165) is 11.1 Å². The molecule has 1 aliphatic rings. The van der Waals surface area contributed by atoms with Crippen LogP contribution in [0, 0.1) is 0 Å². The first kappa shape index (κ1) is 15.2. The van der Waals surface area contributed by atoms with Crippen molar-refractivity contribution < 1.29 is 23.8 Å². The van der Waals surface area contributed by atoms with Gasteiger partial charge in [-0.05, 0) is 36.6 Å². The van der Waals surface area contributed by atoms with Crippen LogP contribution in [-0.4, -0.2) is 44.1 Å². The number of benzene rings is 1. The number of hydrogen-bond acceptors (Lipinski definition) is 5. The van der Waals surface area contributed by atoms with E-state index in [-0.39, 0.29) is 6.61 Å². The predicted molar refractivity (Wildman–Crippen MR) is 75.3 cm³/mol. The molecule has 0 aliphatic carbocycles. The van der Waals surface area contributed by atoms with Gasteiger partial charge in [-0.2, -0.15) is 0 Å². The average Bonchev–Trinajstić information content (AvgIpc) is 2.52. The lowest BCUT2D eigenvalue weighted by molar-refractivity contribution is -0.160. The Morgan fingerprint density at radius 3 is 2.33 bits per heavy atom. The molecule has 0 saturated heterocycles. The first-order valence-electron chi connectivity index (χ1n) is 6.80. The second-order valence-electron chi connectivity index (χ2n) is 4.67. The van der Waals surface area contributed by atoms with Gasteiger partial charge in [0.2, 0.25) is 0 Å². The van der Waals surface area contributed by atoms with Crippen LogP contribution in [0.2, 0.25) is 0 Å². The highest BCUT2D eigenvalue weighted by Crippen LogP contribution is 2.33. The number of rotatable bonds is 3. The smallest absolute Gasteiger partial charge is 0.397 e. The van der Waals surface area contributed by atoms with E-state index in [2.05, 4.69) is 0 Å². The van der Waals surface area contributed by atoms with Gasteiger partial charge in [-0.15, -0.1) is 0 Å². The molecule has 1 aromatic carbocycles. The monoisotopic (exact) mass is 293 g/mol. The zero-order valence-corrected chi connectivity index (χ0v) is 12.5. The van der Waals surface area contributed by atoms with E-state index in [1.165, 1.54) is 4.90 Å². The van der Waals surface area contributed by atoms with Crippen LogP contribution in [0.1, 0.15) is 18.1 Å². The third-order valence-corrected chi connectivity index (χ3v) is 3.46. The number of hydrogen-bond donors (Lipinski definition) is 0. The number of amides is 1. The minimum atomic E-state index is -0.804. The Morgan fingerprint density at radius 2 is 1.76 bits per heavy atom. The van der Waals surface area contributed by atoms with Crippen LogP contribution in [0.3, 0.4) is 0 Å². The number of carbonyl (C=O) groups excluding carboxylic acids is 2. The molecule has 1 amide bonds. The van der Waals surface area contributed by atoms with E-state index < -0.39 is 11.9 Å². The first-order valence-corrected chi connectivity index (χ1v) is 6.80. The number of methoxy groups -OCH3 is 2. The van der Waals surface area contributed by atoms with Crippen LogP contribution in [-0.2, 0) is 27.3 Å². The Kier molecular flexibility index (Phi) is 4.67. The third-order valence-electron chi connectivity index (χ3n) is 3.46. The summed E-state index contributed by atoms with van der Waals surface area (Å²) < 4.78 is 15.3. The summed E-state index contributed by atoms with van der Waals surface area (Å²) >= 11 is 0. The quantitative estimate of drug-likeness (QED) is 0.618. The fourth-order valence-corrected chi connectivity index (χ4v) is 2.38. The molecule has 0 aromatic heterocycles. The third kappa shape index (κ3) is 3.09. The van der Waals surface area contributed by atoms with Crippen molar-refractivity contribution in [3.8, 4) is 11.5 Å². The standard InChI is InChI=1S/C15H19NO5/c1-4-21-15(18)14(17)16-6-5-10-7-12(19-2)13(20-3)8-11(10)9-16/h7-8H,4-6,9H2,1-3H3. The van der Waals surface area contributed by atoms with Gasteiger partial charge in [0.05, 0.1) is 20.8 Å². The summed E-state index contributed by atoms with van der Waals surface area (Å²) in [5, 5.41) is 0. The van der Waals surface area contributed by atoms with Gasteiger partial charge < -0.3 is 19.1 Å². The molecule has 21 heavy (non-hydrogen) atoms. The lowest BCUT2D eigenvalue weighted by Gasteiger charge is -2.28. The van der Waals surface area contributed by atoms with Crippen LogP contribution in [0.15, 0.2) is 12.1 Å². The van der Waals surface area contributed by atoms with E-state index in [0.29, 0.717) is 31.0 Å². The molecule has 0 bridgehead atoms. The van der Waals surface area contributed by atoms with Crippen molar-refractivity contribution in [1.82, 2.24) is 4.90 Å². The summed E-state index contributed by atoms with van der Waals surface area (Å²) in [6.45, 7) is 2.72. The SMILES string of the molecule is CCOC(=O)C(=O)N1CCc2cc(OC)c(OC)cc2C1. The van der Waals surface area contributed by atoms with E-state index >= 15 is 0 Å². The minimum absolute atomic E-state index is 0.194. The highest BCUT2D eigenvalue weighted by atomic mass is 16.5. The second kappa shape index (κ2) is 6.47. The van der Waals surface area contributed by atoms with Gasteiger partial charge in [-0.3, -0.25) is 4.79 Å². The van der Waals surface area contributed by atoms with Crippen molar-refractivity contribution >= 4 is 11.9 Å². The average molecular weight is 293 g/mol. The van der Waals surface area contributed by atoms with Gasteiger partial charge in [0.25, 0.3) is 0 Å². The largest absolute Gasteiger partial charge is 0.493 e. The lowest BCUT2D eigenvalue weighted by atomic mass is 9.98. The van der Waals surface area contributed by atoms with Crippen molar-refractivity contribution in [3.05, 3.63) is 23.3 Å². The lowest BCUT2D eigenvalue weighted by Crippen LogP contribution is -2.40. The van der Waals surface area contributed by atoms with Crippen molar-refractivity contribution in [3.63, 3.8) is 0 Å². The molecule has 0 unspecified atom stereocenters. The van der Waals surface area contributed by atoms with Gasteiger partial charge >= 0.3 is 11.9 Å². The van der Waals surface area contributed by atoms with E-state index in [1.807, 2.05) is 12.1 Å². The number of carbonyl (C=O) groups is 2. The van der Waals surface area contributed by atoms with Gasteiger partial charge in [0.1, 0.15) is 0 Å². The Morgan fingerprint density at radius 1 is 1.14 bits per heavy atom. The van der Waals surface area contributed by atoms with Crippen LogP contribution in [0.4, 0.5) is 0 Å². The molecule has 114 valence electrons. The highest BCUT2D eigenvalue weighted by Gasteiger charge is 2.27. The summed E-state index contributed by atoms with van der Waals surface area (Å²) in [4.78, 5) is 25.0. The number of esters is 1. The van der Waals surface area contributed by atoms with Crippen molar-refractivity contribution in [2.24, 2.45) is 0 Å². The van der Waals surface area contributed by atoms with Gasteiger partial charge in [0, 0.05) is 13.1 Å². The summed E-state index contributed by atoms with van der Waals surface area (Å²) in [6, 6.07) is 3.76. The Bertz CT molecular complexity index is 555. The fourth-order valence-electron chi connectivity index (χ4n) is 2.38. The van der Waals surface area contributed by atoms with Crippen molar-refractivity contribution in [2.75, 3.05) is 27.4 Å². The Balaban J connectivity index is 2.20. The molecule has 0 fully saturated rings. The van der Waals surface area contributed by atoms with Crippen molar-refractivity contribution in [1.29, 1.82) is 0 Å². The maximum Gasteiger partial charge on any atom is 0.397 e. The maximum atomic E-state index is 12.0. The van der Waals surface area contributed by atoms with Crippen LogP contribution in [0.5, 0.6) is 11.5 Å². The Hall–Kier alpha value is -2.24. The maximum absolute atomic E-state index is 12.0. The van der Waals surface area contributed by atoms with Gasteiger partial charge in [-0.25, -0.2) is 4.79 Å². The number of ether oxygens (including phenoxy) is 3. The topological polar surface area (TPSA) is 65.1 Å². The minimum Gasteiger partial charge on any atom is -0.493 e. The van der Waals surface area contributed by atoms with E-state index in [4.69, 9.17) is 14.2 Å². The van der Waals surface area contributed by atoms with E-state index in [9.17, 15) is 9.59 Å². The Labute approximate surface area is 123 Å². The van der Waals surface area contributed by atoms with Gasteiger partial charge in [-0.1, -0.05) is 0 Å². The normalized spacial score (nSPS) is 13.4. The van der Waals surface area contributed by atoms with E-state index in [1.54, 1.807) is 21.1 Å². The predicted octanol–water partition coefficient (Wildman–Crippen LogP) is 1.15. The molecule has 2 rings (SSSR count). The molecule has 0 saturated carbocycles. The molecule has 1 heterocycles. The zero-order chi connectivity index (χ0) is 15.4. The molecule has 1 aliphatic heterocycles. The molecular weight excluding hydrogens is 274 g/mol. The first-order chi connectivity index (χ1) is 10.1. The highest BCUT2D eigenvalue weighted by molar-refractivity contribution is 6.32. The zero-order valence-electron chi connectivity index (χ0n) is 12.5. The van der Waals surface area contributed by atoms with Crippen LogP contribution < -0.4 is 9.47 Å². The molecular formula is C15H19NO5. The van der Waals surface area contributed by atoms with Gasteiger partial charge in [0.15, 0.2) is 11.5 Å². The molecule has 0 radical (unpaired) electrons. The summed E-state index contributed by atoms with van der Waals surface area (Å²) in [5.41, 5.74) is 2.05. The molecule has 6 nitrogen and oxygen atoms in total. The molecule has 0 atom stereocenters. The molecule has 6 heteroatoms. The van der Waals surface area contributed by atoms with Crippen molar-refractivity contribution in [2.45, 2.75) is 19.9 Å². The van der Waals surface area contributed by atoms with Crippen LogP contribution >= 0.6 is 0 Å². The van der Waals surface area contributed by atoms with Crippen LogP contribution in [0.25, 0.3) is 0 Å². The summed E-state index contributed by atoms with van der Waals surface area (Å²) in [6.07, 6.45) is 0.667. The molecule has 1 aromatic rings. The summed E-state index contributed by atoms with van der Waals surface area (Å²) in [5.74, 6) is -0.123. The number of nitrogens with zero attached hydrogens (tertiary/aromatic N) is 1. The molecule has 0 N–H and O–H groups in total. The summed E-state index contributed by atoms with van der Waals surface area (Å²) in [7, 11) is 3.15. The number of fused-ring (bicyclic) bond motifs is 1. The molecule has 0 spiro atoms. The fraction of sp³-hybridized carbons (Fsp3) is 0.467.